The van der Waals surface area contributed by atoms with Crippen LogP contribution >= 0.6 is 11.6 Å². The monoisotopic (exact) mass is 659 g/mol. The number of nitrogens with zero attached hydrogens (tertiary/aromatic N) is 7. The van der Waals surface area contributed by atoms with Gasteiger partial charge in [0.25, 0.3) is 0 Å². The van der Waals surface area contributed by atoms with Gasteiger partial charge in [-0.2, -0.15) is 15.2 Å². The molecule has 0 spiro atoms. The third-order valence-electron chi connectivity index (χ3n) is 9.77. The standard InChI is InChI=1S/C35H39ClFN7O3/c36-29-7-1-5-24-6-2-8-31(33(24)29)42-15-11-28-30(22-42)39-35(46-18-4-14-41-21-27-19-26(41)23-47-27)40-34(28)43-16-17-44(25(20-43)10-13-38)32(45)9-3-12-37/h1-3,5-9,25-27H,4,10-12,14-23H2/b9-3+/t25-,26-,27-/m0/s1. The minimum atomic E-state index is -0.708. The van der Waals surface area contributed by atoms with Gasteiger partial charge in [0.2, 0.25) is 5.91 Å². The number of carbonyl (C=O) groups excluding carboxylic acids is 1. The van der Waals surface area contributed by atoms with Crippen molar-refractivity contribution in [1.29, 1.82) is 5.26 Å². The van der Waals surface area contributed by atoms with Crippen LogP contribution in [0, 0.1) is 11.3 Å². The average molecular weight is 660 g/mol. The van der Waals surface area contributed by atoms with Crippen molar-refractivity contribution in [2.24, 2.45) is 0 Å². The van der Waals surface area contributed by atoms with E-state index in [4.69, 9.17) is 31.0 Å². The van der Waals surface area contributed by atoms with Crippen LogP contribution in [-0.4, -0.2) is 103 Å². The van der Waals surface area contributed by atoms with E-state index in [1.165, 1.54) is 12.2 Å². The van der Waals surface area contributed by atoms with Crippen LogP contribution in [0.5, 0.6) is 6.01 Å². The second kappa shape index (κ2) is 14.0. The van der Waals surface area contributed by atoms with Crippen molar-refractivity contribution in [2.45, 2.75) is 50.4 Å². The number of amides is 1. The fraction of sp³-hybridized carbons (Fsp3) is 0.486. The number of allylic oxidation sites excluding steroid dienone is 1. The zero-order valence-corrected chi connectivity index (χ0v) is 27.1. The number of nitriles is 1. The van der Waals surface area contributed by atoms with Gasteiger partial charge in [-0.1, -0.05) is 35.9 Å². The molecule has 12 heteroatoms. The van der Waals surface area contributed by atoms with Crippen LogP contribution in [0.25, 0.3) is 10.8 Å². The first-order chi connectivity index (χ1) is 23.0. The Morgan fingerprint density at radius 1 is 1.15 bits per heavy atom. The van der Waals surface area contributed by atoms with Gasteiger partial charge in [-0.25, -0.2) is 4.39 Å². The largest absolute Gasteiger partial charge is 0.463 e. The molecule has 0 radical (unpaired) electrons. The highest BCUT2D eigenvalue weighted by Crippen LogP contribution is 2.37. The molecule has 47 heavy (non-hydrogen) atoms. The van der Waals surface area contributed by atoms with Crippen molar-refractivity contribution < 1.29 is 18.7 Å². The number of anilines is 2. The molecule has 4 aliphatic heterocycles. The fourth-order valence-corrected chi connectivity index (χ4v) is 7.78. The third-order valence-corrected chi connectivity index (χ3v) is 10.1. The van der Waals surface area contributed by atoms with Gasteiger partial charge in [-0.3, -0.25) is 9.69 Å². The molecule has 0 aliphatic carbocycles. The Hall–Kier alpha value is -3.98. The first-order valence-electron chi connectivity index (χ1n) is 16.5. The Balaban J connectivity index is 1.15. The van der Waals surface area contributed by atoms with E-state index in [2.05, 4.69) is 45.0 Å². The maximum Gasteiger partial charge on any atom is 0.318 e. The van der Waals surface area contributed by atoms with Crippen LogP contribution in [0.1, 0.15) is 30.5 Å². The number of hydrogen-bond acceptors (Lipinski definition) is 9. The predicted molar refractivity (Wildman–Crippen MR) is 179 cm³/mol. The maximum absolute atomic E-state index is 12.8. The average Bonchev–Trinajstić information content (AvgIpc) is 3.72. The molecular weight excluding hydrogens is 621 g/mol. The SMILES string of the molecule is N#CC[C@H]1CN(c2nc(OCCCN3C[C@@H]4C[C@H]3CO4)nc3c2CCN(c2cccc4cccc(Cl)c24)C3)CCN1C(=O)/C=C/CF. The number of aromatic nitrogens is 2. The Morgan fingerprint density at radius 3 is 2.81 bits per heavy atom. The summed E-state index contributed by atoms with van der Waals surface area (Å²) < 4.78 is 24.7. The minimum Gasteiger partial charge on any atom is -0.463 e. The van der Waals surface area contributed by atoms with Gasteiger partial charge in [-0.15, -0.1) is 0 Å². The number of fused-ring (bicyclic) bond motifs is 4. The predicted octanol–water partition coefficient (Wildman–Crippen LogP) is 4.54. The van der Waals surface area contributed by atoms with Gasteiger partial charge < -0.3 is 24.2 Å². The molecule has 246 valence electrons. The second-order valence-electron chi connectivity index (χ2n) is 12.6. The number of morpholine rings is 1. The van der Waals surface area contributed by atoms with E-state index < -0.39 is 6.67 Å². The number of alkyl halides is 1. The lowest BCUT2D eigenvalue weighted by molar-refractivity contribution is -0.128. The smallest absolute Gasteiger partial charge is 0.318 e. The first kappa shape index (κ1) is 31.6. The maximum atomic E-state index is 12.8. The molecule has 10 nitrogen and oxygen atoms in total. The number of halogens is 2. The normalized spacial score (nSPS) is 22.7. The van der Waals surface area contributed by atoms with E-state index in [-0.39, 0.29) is 18.4 Å². The van der Waals surface area contributed by atoms with E-state index >= 15 is 0 Å². The molecule has 2 aromatic carbocycles. The lowest BCUT2D eigenvalue weighted by atomic mass is 10.0. The number of hydrogen-bond donors (Lipinski definition) is 0. The van der Waals surface area contributed by atoms with Crippen molar-refractivity contribution in [1.82, 2.24) is 19.8 Å². The zero-order valence-electron chi connectivity index (χ0n) is 26.4. The van der Waals surface area contributed by atoms with Crippen molar-refractivity contribution >= 4 is 39.8 Å². The summed E-state index contributed by atoms with van der Waals surface area (Å²) in [5.74, 6) is 0.516. The summed E-state index contributed by atoms with van der Waals surface area (Å²) in [6.07, 6.45) is 5.69. The molecule has 3 fully saturated rings. The van der Waals surface area contributed by atoms with Crippen LogP contribution in [0.2, 0.25) is 5.02 Å². The van der Waals surface area contributed by atoms with Crippen molar-refractivity contribution in [3.63, 3.8) is 0 Å². The van der Waals surface area contributed by atoms with Gasteiger partial charge >= 0.3 is 6.01 Å². The molecule has 3 aromatic rings. The fourth-order valence-electron chi connectivity index (χ4n) is 7.50. The van der Waals surface area contributed by atoms with E-state index in [1.807, 2.05) is 12.1 Å². The van der Waals surface area contributed by atoms with E-state index in [0.29, 0.717) is 62.4 Å². The van der Waals surface area contributed by atoms with Crippen LogP contribution < -0.4 is 14.5 Å². The molecule has 1 amide bonds. The summed E-state index contributed by atoms with van der Waals surface area (Å²) in [6.45, 7) is 5.23. The molecule has 0 unspecified atom stereocenters. The molecule has 0 N–H and O–H groups in total. The number of carbonyl (C=O) groups is 1. The Morgan fingerprint density at radius 2 is 2.02 bits per heavy atom. The lowest BCUT2D eigenvalue weighted by Gasteiger charge is -2.42. The van der Waals surface area contributed by atoms with Crippen LogP contribution in [0.4, 0.5) is 15.9 Å². The molecular formula is C35H39ClFN7O3. The Labute approximate surface area is 279 Å². The van der Waals surface area contributed by atoms with Gasteiger partial charge in [0.15, 0.2) is 0 Å². The van der Waals surface area contributed by atoms with Gasteiger partial charge in [-0.05, 0) is 42.9 Å². The Kier molecular flexibility index (Phi) is 9.43. The molecule has 1 aromatic heterocycles. The van der Waals surface area contributed by atoms with Crippen molar-refractivity contribution in [3.8, 4) is 12.1 Å². The summed E-state index contributed by atoms with van der Waals surface area (Å²) in [5.41, 5.74) is 3.02. The Bertz CT molecular complexity index is 1690. The van der Waals surface area contributed by atoms with Crippen LogP contribution in [0.3, 0.4) is 0 Å². The summed E-state index contributed by atoms with van der Waals surface area (Å²) in [5, 5.41) is 12.4. The zero-order chi connectivity index (χ0) is 32.3. The highest BCUT2D eigenvalue weighted by atomic mass is 35.5. The number of benzene rings is 2. The number of piperazine rings is 1. The summed E-state index contributed by atoms with van der Waals surface area (Å²) in [7, 11) is 0. The van der Waals surface area contributed by atoms with Gasteiger partial charge in [0.1, 0.15) is 12.5 Å². The van der Waals surface area contributed by atoms with E-state index in [1.54, 1.807) is 4.90 Å². The molecule has 3 atom stereocenters. The number of rotatable bonds is 10. The van der Waals surface area contributed by atoms with Crippen molar-refractivity contribution in [2.75, 3.05) is 69.0 Å². The topological polar surface area (TPSA) is 98.1 Å². The van der Waals surface area contributed by atoms with Crippen LogP contribution in [-0.2, 0) is 22.5 Å². The highest BCUT2D eigenvalue weighted by molar-refractivity contribution is 6.36. The molecule has 0 saturated carbocycles. The van der Waals surface area contributed by atoms with E-state index in [9.17, 15) is 14.4 Å². The third kappa shape index (κ3) is 6.59. The number of likely N-dealkylation sites (tertiary alicyclic amines) is 1. The summed E-state index contributed by atoms with van der Waals surface area (Å²) in [6, 6.07) is 14.9. The van der Waals surface area contributed by atoms with Gasteiger partial charge in [0, 0.05) is 68.0 Å². The second-order valence-corrected chi connectivity index (χ2v) is 13.0. The minimum absolute atomic E-state index is 0.168. The molecule has 4 aliphatic rings. The molecule has 5 heterocycles. The molecule has 7 rings (SSSR count). The summed E-state index contributed by atoms with van der Waals surface area (Å²) in [4.78, 5) is 31.4. The molecule has 2 bridgehead atoms. The van der Waals surface area contributed by atoms with Crippen LogP contribution in [0.15, 0.2) is 48.6 Å². The molecule has 3 saturated heterocycles. The van der Waals surface area contributed by atoms with Crippen molar-refractivity contribution in [3.05, 3.63) is 64.8 Å². The quantitative estimate of drug-likeness (QED) is 0.230. The van der Waals surface area contributed by atoms with E-state index in [0.717, 1.165) is 72.6 Å². The number of ether oxygens (including phenoxy) is 2. The first-order valence-corrected chi connectivity index (χ1v) is 16.9. The lowest BCUT2D eigenvalue weighted by Crippen LogP contribution is -2.55. The summed E-state index contributed by atoms with van der Waals surface area (Å²) >= 11 is 6.71. The van der Waals surface area contributed by atoms with Gasteiger partial charge in [0.05, 0.1) is 55.1 Å². The highest BCUT2D eigenvalue weighted by Gasteiger charge is 2.38.